The largest absolute Gasteiger partial charge is 0.307 e. The molecule has 16 heavy (non-hydrogen) atoms. The molecule has 0 spiro atoms. The van der Waals surface area contributed by atoms with Gasteiger partial charge in [0.05, 0.1) is 5.69 Å². The van der Waals surface area contributed by atoms with E-state index in [1.165, 1.54) is 6.07 Å². The van der Waals surface area contributed by atoms with E-state index in [2.05, 4.69) is 15.6 Å². The number of hydrogen-bond acceptors (Lipinski definition) is 4. The van der Waals surface area contributed by atoms with Gasteiger partial charge in [0.25, 0.3) is 0 Å². The fourth-order valence-electron chi connectivity index (χ4n) is 1.32. The summed E-state index contributed by atoms with van der Waals surface area (Å²) in [5, 5.41) is 7.75. The van der Waals surface area contributed by atoms with E-state index in [1.54, 1.807) is 31.2 Å². The molecule has 0 aliphatic heterocycles. The van der Waals surface area contributed by atoms with Crippen molar-refractivity contribution >= 4 is 5.82 Å². The van der Waals surface area contributed by atoms with E-state index in [9.17, 15) is 4.39 Å². The molecule has 0 radical (unpaired) electrons. The second-order valence-corrected chi connectivity index (χ2v) is 3.41. The summed E-state index contributed by atoms with van der Waals surface area (Å²) in [4.78, 5) is 0. The molecule has 1 heterocycles. The normalized spacial score (nSPS) is 10.2. The van der Waals surface area contributed by atoms with Crippen LogP contribution in [0.25, 0.3) is 11.3 Å². The lowest BCUT2D eigenvalue weighted by atomic mass is 10.1. The van der Waals surface area contributed by atoms with Gasteiger partial charge in [-0.05, 0) is 30.7 Å². The van der Waals surface area contributed by atoms with Crippen LogP contribution in [-0.4, -0.2) is 10.2 Å². The van der Waals surface area contributed by atoms with Gasteiger partial charge in [0.1, 0.15) is 5.82 Å². The van der Waals surface area contributed by atoms with Gasteiger partial charge < -0.3 is 5.43 Å². The number of anilines is 1. The van der Waals surface area contributed by atoms with Gasteiger partial charge in [-0.3, -0.25) is 0 Å². The molecule has 0 fully saturated rings. The molecule has 0 saturated carbocycles. The van der Waals surface area contributed by atoms with Gasteiger partial charge in [-0.2, -0.15) is 0 Å². The minimum Gasteiger partial charge on any atom is -0.307 e. The van der Waals surface area contributed by atoms with Crippen LogP contribution >= 0.6 is 0 Å². The number of rotatable bonds is 2. The number of aryl methyl sites for hydroxylation is 1. The topological polar surface area (TPSA) is 63.8 Å². The van der Waals surface area contributed by atoms with Crippen LogP contribution in [0.1, 0.15) is 5.56 Å². The third-order valence-corrected chi connectivity index (χ3v) is 2.28. The SMILES string of the molecule is Cc1ccc(-c2ccc(NN)nn2)cc1F. The highest BCUT2D eigenvalue weighted by Crippen LogP contribution is 2.19. The first-order chi connectivity index (χ1) is 7.70. The summed E-state index contributed by atoms with van der Waals surface area (Å²) in [7, 11) is 0. The van der Waals surface area contributed by atoms with Crippen molar-refractivity contribution in [3.63, 3.8) is 0 Å². The van der Waals surface area contributed by atoms with Crippen molar-refractivity contribution in [2.45, 2.75) is 6.92 Å². The van der Waals surface area contributed by atoms with E-state index in [4.69, 9.17) is 5.84 Å². The van der Waals surface area contributed by atoms with Crippen molar-refractivity contribution in [3.05, 3.63) is 41.7 Å². The lowest BCUT2D eigenvalue weighted by Crippen LogP contribution is -2.09. The van der Waals surface area contributed by atoms with Crippen LogP contribution in [0.15, 0.2) is 30.3 Å². The predicted molar refractivity (Wildman–Crippen MR) is 60.0 cm³/mol. The summed E-state index contributed by atoms with van der Waals surface area (Å²) in [6.45, 7) is 1.71. The first kappa shape index (κ1) is 10.5. The molecule has 82 valence electrons. The van der Waals surface area contributed by atoms with Crippen LogP contribution in [0.2, 0.25) is 0 Å². The number of nitrogens with zero attached hydrogens (tertiary/aromatic N) is 2. The summed E-state index contributed by atoms with van der Waals surface area (Å²) in [5.74, 6) is 5.39. The Hall–Kier alpha value is -2.01. The number of halogens is 1. The molecular weight excluding hydrogens is 207 g/mol. The summed E-state index contributed by atoms with van der Waals surface area (Å²) in [6, 6.07) is 8.36. The Kier molecular flexibility index (Phi) is 2.78. The number of nitrogens with one attached hydrogen (secondary N) is 1. The molecule has 2 aromatic rings. The first-order valence-corrected chi connectivity index (χ1v) is 4.77. The molecule has 0 atom stereocenters. The molecule has 0 unspecified atom stereocenters. The highest BCUT2D eigenvalue weighted by molar-refractivity contribution is 5.60. The Morgan fingerprint density at radius 3 is 2.56 bits per heavy atom. The summed E-state index contributed by atoms with van der Waals surface area (Å²) in [5.41, 5.74) is 4.29. The monoisotopic (exact) mass is 218 g/mol. The van der Waals surface area contributed by atoms with Crippen molar-refractivity contribution in [3.8, 4) is 11.3 Å². The van der Waals surface area contributed by atoms with Crippen LogP contribution in [0.5, 0.6) is 0 Å². The van der Waals surface area contributed by atoms with Crippen molar-refractivity contribution in [2.75, 3.05) is 5.43 Å². The van der Waals surface area contributed by atoms with Gasteiger partial charge in [-0.1, -0.05) is 12.1 Å². The lowest BCUT2D eigenvalue weighted by Gasteiger charge is -2.03. The third-order valence-electron chi connectivity index (χ3n) is 2.28. The number of aromatic nitrogens is 2. The Balaban J connectivity index is 2.38. The van der Waals surface area contributed by atoms with E-state index < -0.39 is 0 Å². The Labute approximate surface area is 92.3 Å². The Morgan fingerprint density at radius 1 is 1.19 bits per heavy atom. The molecule has 0 bridgehead atoms. The molecule has 0 aliphatic rings. The van der Waals surface area contributed by atoms with Gasteiger partial charge in [-0.15, -0.1) is 10.2 Å². The summed E-state index contributed by atoms with van der Waals surface area (Å²) < 4.78 is 13.3. The van der Waals surface area contributed by atoms with Crippen molar-refractivity contribution in [2.24, 2.45) is 5.84 Å². The highest BCUT2D eigenvalue weighted by atomic mass is 19.1. The quantitative estimate of drug-likeness (QED) is 0.596. The first-order valence-electron chi connectivity index (χ1n) is 4.77. The van der Waals surface area contributed by atoms with E-state index in [-0.39, 0.29) is 5.82 Å². The minimum atomic E-state index is -0.250. The van der Waals surface area contributed by atoms with Gasteiger partial charge in [0.2, 0.25) is 0 Å². The molecule has 3 N–H and O–H groups in total. The molecule has 1 aromatic carbocycles. The standard InChI is InChI=1S/C11H11FN4/c1-7-2-3-8(6-9(7)12)10-4-5-11(14-13)16-15-10/h2-6H,13H2,1H3,(H,14,16). The average Bonchev–Trinajstić information content (AvgIpc) is 2.33. The highest BCUT2D eigenvalue weighted by Gasteiger charge is 2.03. The number of nitrogens with two attached hydrogens (primary N) is 1. The molecule has 1 aromatic heterocycles. The molecule has 0 aliphatic carbocycles. The molecule has 0 amide bonds. The summed E-state index contributed by atoms with van der Waals surface area (Å²) >= 11 is 0. The van der Waals surface area contributed by atoms with Gasteiger partial charge >= 0.3 is 0 Å². The maximum atomic E-state index is 13.3. The van der Waals surface area contributed by atoms with Gasteiger partial charge in [0.15, 0.2) is 5.82 Å². The number of hydrogen-bond donors (Lipinski definition) is 2. The maximum Gasteiger partial charge on any atom is 0.162 e. The molecule has 5 heteroatoms. The molecule has 0 saturated heterocycles. The van der Waals surface area contributed by atoms with Crippen LogP contribution in [-0.2, 0) is 0 Å². The van der Waals surface area contributed by atoms with Gasteiger partial charge in [-0.25, -0.2) is 10.2 Å². The zero-order valence-electron chi connectivity index (χ0n) is 8.74. The van der Waals surface area contributed by atoms with E-state index in [0.717, 1.165) is 0 Å². The van der Waals surface area contributed by atoms with Gasteiger partial charge in [0, 0.05) is 5.56 Å². The molecule has 4 nitrogen and oxygen atoms in total. The maximum absolute atomic E-state index is 13.3. The van der Waals surface area contributed by atoms with Crippen LogP contribution in [0.3, 0.4) is 0 Å². The fraction of sp³-hybridized carbons (Fsp3) is 0.0909. The number of hydrazine groups is 1. The smallest absolute Gasteiger partial charge is 0.162 e. The van der Waals surface area contributed by atoms with E-state index in [0.29, 0.717) is 22.6 Å². The minimum absolute atomic E-state index is 0.250. The average molecular weight is 218 g/mol. The Morgan fingerprint density at radius 2 is 2.00 bits per heavy atom. The van der Waals surface area contributed by atoms with E-state index in [1.807, 2.05) is 0 Å². The number of benzene rings is 1. The molecule has 2 rings (SSSR count). The van der Waals surface area contributed by atoms with Crippen molar-refractivity contribution in [1.82, 2.24) is 10.2 Å². The molecular formula is C11H11FN4. The zero-order chi connectivity index (χ0) is 11.5. The zero-order valence-corrected chi connectivity index (χ0v) is 8.74. The van der Waals surface area contributed by atoms with E-state index >= 15 is 0 Å². The fourth-order valence-corrected chi connectivity index (χ4v) is 1.32. The van der Waals surface area contributed by atoms with Crippen molar-refractivity contribution < 1.29 is 4.39 Å². The second-order valence-electron chi connectivity index (χ2n) is 3.41. The lowest BCUT2D eigenvalue weighted by molar-refractivity contribution is 0.619. The van der Waals surface area contributed by atoms with Crippen LogP contribution < -0.4 is 11.3 Å². The second kappa shape index (κ2) is 4.24. The number of nitrogen functional groups attached to an aromatic ring is 1. The summed E-state index contributed by atoms with van der Waals surface area (Å²) in [6.07, 6.45) is 0. The predicted octanol–water partition coefficient (Wildman–Crippen LogP) is 1.88. The van der Waals surface area contributed by atoms with Crippen LogP contribution in [0.4, 0.5) is 10.2 Å². The van der Waals surface area contributed by atoms with Crippen molar-refractivity contribution in [1.29, 1.82) is 0 Å². The Bertz CT molecular complexity index is 496. The van der Waals surface area contributed by atoms with Crippen LogP contribution in [0, 0.1) is 12.7 Å². The third kappa shape index (κ3) is 1.99.